The number of aliphatic imine (C=N–C) groups is 1. The van der Waals surface area contributed by atoms with Crippen LogP contribution in [0.5, 0.6) is 0 Å². The van der Waals surface area contributed by atoms with Crippen LogP contribution in [0.1, 0.15) is 29.5 Å². The fourth-order valence-electron chi connectivity index (χ4n) is 3.64. The number of hydrogen-bond acceptors (Lipinski definition) is 3. The van der Waals surface area contributed by atoms with E-state index in [0.717, 1.165) is 42.5 Å². The summed E-state index contributed by atoms with van der Waals surface area (Å²) in [6.45, 7) is 4.93. The number of nitrogens with one attached hydrogen (secondary N) is 1. The molecule has 2 aromatic carbocycles. The van der Waals surface area contributed by atoms with Gasteiger partial charge in [0.05, 0.1) is 0 Å². The van der Waals surface area contributed by atoms with Gasteiger partial charge in [0, 0.05) is 42.5 Å². The SMILES string of the molecule is Cc1ccc(CN2CCC3(CC2)N=C(c2ccc(Br)cc2)C(=O)N3)cc1. The number of benzene rings is 2. The largest absolute Gasteiger partial charge is 0.326 e. The van der Waals surface area contributed by atoms with Gasteiger partial charge in [-0.1, -0.05) is 57.9 Å². The van der Waals surface area contributed by atoms with Crippen molar-refractivity contribution in [3.63, 3.8) is 0 Å². The fourth-order valence-corrected chi connectivity index (χ4v) is 3.90. The second kappa shape index (κ2) is 6.97. The first-order valence-electron chi connectivity index (χ1n) is 8.99. The lowest BCUT2D eigenvalue weighted by Gasteiger charge is -2.37. The average Bonchev–Trinajstić information content (AvgIpc) is 2.96. The minimum atomic E-state index is -0.427. The lowest BCUT2D eigenvalue weighted by molar-refractivity contribution is -0.115. The molecule has 1 fully saturated rings. The summed E-state index contributed by atoms with van der Waals surface area (Å²) >= 11 is 3.43. The Kier molecular flexibility index (Phi) is 4.67. The van der Waals surface area contributed by atoms with Gasteiger partial charge in [-0.05, 0) is 24.6 Å². The molecule has 26 heavy (non-hydrogen) atoms. The molecule has 0 saturated carbocycles. The van der Waals surface area contributed by atoms with E-state index in [1.54, 1.807) is 0 Å². The van der Waals surface area contributed by atoms with Gasteiger partial charge >= 0.3 is 0 Å². The third-order valence-corrected chi connectivity index (χ3v) is 5.74. The van der Waals surface area contributed by atoms with Gasteiger partial charge in [-0.15, -0.1) is 0 Å². The summed E-state index contributed by atoms with van der Waals surface area (Å²) in [5.74, 6) is -0.0562. The molecule has 0 aromatic heterocycles. The first-order chi connectivity index (χ1) is 12.5. The summed E-state index contributed by atoms with van der Waals surface area (Å²) < 4.78 is 0.999. The summed E-state index contributed by atoms with van der Waals surface area (Å²) in [7, 11) is 0. The van der Waals surface area contributed by atoms with Gasteiger partial charge < -0.3 is 5.32 Å². The molecule has 0 aliphatic carbocycles. The van der Waals surface area contributed by atoms with E-state index in [0.29, 0.717) is 5.71 Å². The topological polar surface area (TPSA) is 44.7 Å². The molecular formula is C21H22BrN3O. The number of carbonyl (C=O) groups excluding carboxylic acids is 1. The molecule has 2 aromatic rings. The standard InChI is InChI=1S/C21H22BrN3O/c1-15-2-4-16(5-3-15)14-25-12-10-21(11-13-25)23-19(20(26)24-21)17-6-8-18(22)9-7-17/h2-9H,10-14H2,1H3,(H,24,26). The van der Waals surface area contributed by atoms with E-state index in [1.165, 1.54) is 11.1 Å². The van der Waals surface area contributed by atoms with Crippen LogP contribution in [0.2, 0.25) is 0 Å². The molecule has 2 heterocycles. The molecule has 2 aliphatic rings. The Hall–Kier alpha value is -1.98. The maximum Gasteiger partial charge on any atom is 0.272 e. The molecule has 0 bridgehead atoms. The second-order valence-electron chi connectivity index (χ2n) is 7.21. The molecule has 4 rings (SSSR count). The Bertz CT molecular complexity index is 835. The summed E-state index contributed by atoms with van der Waals surface area (Å²) in [5, 5.41) is 3.14. The van der Waals surface area contributed by atoms with Crippen molar-refractivity contribution in [2.24, 2.45) is 4.99 Å². The summed E-state index contributed by atoms with van der Waals surface area (Å²) in [6, 6.07) is 16.5. The molecule has 1 amide bonds. The van der Waals surface area contributed by atoms with Crippen molar-refractivity contribution >= 4 is 27.5 Å². The zero-order valence-electron chi connectivity index (χ0n) is 14.8. The van der Waals surface area contributed by atoms with Crippen LogP contribution in [-0.2, 0) is 11.3 Å². The lowest BCUT2D eigenvalue weighted by Crippen LogP contribution is -2.50. The van der Waals surface area contributed by atoms with Crippen molar-refractivity contribution in [3.8, 4) is 0 Å². The molecule has 1 saturated heterocycles. The normalized spacial score (nSPS) is 19.5. The highest BCUT2D eigenvalue weighted by molar-refractivity contribution is 9.10. The van der Waals surface area contributed by atoms with Gasteiger partial charge in [-0.25, -0.2) is 0 Å². The Morgan fingerprint density at radius 1 is 1.08 bits per heavy atom. The second-order valence-corrected chi connectivity index (χ2v) is 8.13. The van der Waals surface area contributed by atoms with E-state index in [4.69, 9.17) is 4.99 Å². The van der Waals surface area contributed by atoms with Gasteiger partial charge in [0.25, 0.3) is 5.91 Å². The van der Waals surface area contributed by atoms with Gasteiger partial charge in [0.2, 0.25) is 0 Å². The Morgan fingerprint density at radius 3 is 2.38 bits per heavy atom. The van der Waals surface area contributed by atoms with Crippen LogP contribution in [0.3, 0.4) is 0 Å². The number of hydrogen-bond donors (Lipinski definition) is 1. The van der Waals surface area contributed by atoms with Gasteiger partial charge in [-0.2, -0.15) is 0 Å². The molecule has 5 heteroatoms. The predicted molar refractivity (Wildman–Crippen MR) is 107 cm³/mol. The maximum absolute atomic E-state index is 12.5. The summed E-state index contributed by atoms with van der Waals surface area (Å²) in [5.41, 5.74) is 3.63. The highest BCUT2D eigenvalue weighted by atomic mass is 79.9. The molecule has 134 valence electrons. The third kappa shape index (κ3) is 3.60. The van der Waals surface area contributed by atoms with Gasteiger partial charge in [0.1, 0.15) is 11.4 Å². The van der Waals surface area contributed by atoms with Gasteiger partial charge in [-0.3, -0.25) is 14.7 Å². The van der Waals surface area contributed by atoms with Gasteiger partial charge in [0.15, 0.2) is 0 Å². The molecule has 1 spiro atoms. The van der Waals surface area contributed by atoms with E-state index < -0.39 is 5.66 Å². The number of rotatable bonds is 3. The number of halogens is 1. The number of piperidine rings is 1. The molecule has 4 nitrogen and oxygen atoms in total. The molecule has 2 aliphatic heterocycles. The van der Waals surface area contributed by atoms with Crippen molar-refractivity contribution in [1.29, 1.82) is 0 Å². The maximum atomic E-state index is 12.5. The van der Waals surface area contributed by atoms with E-state index in [-0.39, 0.29) is 5.91 Å². The number of nitrogens with zero attached hydrogens (tertiary/aromatic N) is 2. The average molecular weight is 412 g/mol. The Balaban J connectivity index is 1.44. The minimum absolute atomic E-state index is 0.0562. The smallest absolute Gasteiger partial charge is 0.272 e. The van der Waals surface area contributed by atoms with Crippen LogP contribution in [0, 0.1) is 6.92 Å². The predicted octanol–water partition coefficient (Wildman–Crippen LogP) is 3.67. The molecule has 0 unspecified atom stereocenters. The van der Waals surface area contributed by atoms with Crippen molar-refractivity contribution in [3.05, 3.63) is 69.7 Å². The number of likely N-dealkylation sites (tertiary alicyclic amines) is 1. The number of carbonyl (C=O) groups is 1. The van der Waals surface area contributed by atoms with Crippen molar-refractivity contribution in [2.75, 3.05) is 13.1 Å². The first-order valence-corrected chi connectivity index (χ1v) is 9.79. The lowest BCUT2D eigenvalue weighted by atomic mass is 9.97. The van der Waals surface area contributed by atoms with Crippen LogP contribution in [0.15, 0.2) is 58.0 Å². The van der Waals surface area contributed by atoms with Crippen LogP contribution >= 0.6 is 15.9 Å². The molecular weight excluding hydrogens is 390 g/mol. The quantitative estimate of drug-likeness (QED) is 0.836. The number of amides is 1. The van der Waals surface area contributed by atoms with E-state index in [9.17, 15) is 4.79 Å². The molecule has 0 atom stereocenters. The van der Waals surface area contributed by atoms with Crippen LogP contribution < -0.4 is 5.32 Å². The first kappa shape index (κ1) is 17.4. The Labute approximate surface area is 162 Å². The van der Waals surface area contributed by atoms with Crippen molar-refractivity contribution < 1.29 is 4.79 Å². The highest BCUT2D eigenvalue weighted by Crippen LogP contribution is 2.29. The fraction of sp³-hybridized carbons (Fsp3) is 0.333. The van der Waals surface area contributed by atoms with Crippen molar-refractivity contribution in [1.82, 2.24) is 10.2 Å². The van der Waals surface area contributed by atoms with E-state index in [2.05, 4.69) is 57.3 Å². The third-order valence-electron chi connectivity index (χ3n) is 5.21. The zero-order valence-corrected chi connectivity index (χ0v) is 16.4. The van der Waals surface area contributed by atoms with Crippen LogP contribution in [0.4, 0.5) is 0 Å². The molecule has 0 radical (unpaired) electrons. The monoisotopic (exact) mass is 411 g/mol. The van der Waals surface area contributed by atoms with Crippen LogP contribution in [0.25, 0.3) is 0 Å². The number of aryl methyl sites for hydroxylation is 1. The van der Waals surface area contributed by atoms with E-state index >= 15 is 0 Å². The zero-order chi connectivity index (χ0) is 18.1. The Morgan fingerprint density at radius 2 is 1.73 bits per heavy atom. The van der Waals surface area contributed by atoms with Crippen molar-refractivity contribution in [2.45, 2.75) is 32.0 Å². The van der Waals surface area contributed by atoms with E-state index in [1.807, 2.05) is 24.3 Å². The highest BCUT2D eigenvalue weighted by Gasteiger charge is 2.41. The molecule has 1 N–H and O–H groups in total. The minimum Gasteiger partial charge on any atom is -0.326 e. The summed E-state index contributed by atoms with van der Waals surface area (Å²) in [6.07, 6.45) is 1.70. The summed E-state index contributed by atoms with van der Waals surface area (Å²) in [4.78, 5) is 19.7. The van der Waals surface area contributed by atoms with Crippen LogP contribution in [-0.4, -0.2) is 35.3 Å².